The van der Waals surface area contributed by atoms with Gasteiger partial charge in [0.1, 0.15) is 0 Å². The monoisotopic (exact) mass is 539 g/mol. The van der Waals surface area contributed by atoms with E-state index in [9.17, 15) is 9.59 Å². The maximum Gasteiger partial charge on any atom is 0.261 e. The first-order chi connectivity index (χ1) is 19.1. The van der Waals surface area contributed by atoms with Crippen molar-refractivity contribution in [3.05, 3.63) is 54.1 Å². The van der Waals surface area contributed by atoms with Gasteiger partial charge in [-0.05, 0) is 36.8 Å². The van der Waals surface area contributed by atoms with Crippen LogP contribution in [0.15, 0.2) is 48.5 Å². The van der Waals surface area contributed by atoms with E-state index < -0.39 is 17.8 Å². The number of Topliss-reactive ketones (excluding diaryl/α,β-unsaturated/α-hetero) is 1. The SMILES string of the molecule is CCCCCCCCCCCCCCCCOc1ccc(C(=O)C(OC)C(=O)Nc2ccccc2)cc1OC. The van der Waals surface area contributed by atoms with Crippen LogP contribution in [-0.2, 0) is 9.53 Å². The summed E-state index contributed by atoms with van der Waals surface area (Å²) in [6, 6.07) is 13.9. The van der Waals surface area contributed by atoms with Gasteiger partial charge in [-0.15, -0.1) is 0 Å². The summed E-state index contributed by atoms with van der Waals surface area (Å²) in [4.78, 5) is 25.6. The van der Waals surface area contributed by atoms with Gasteiger partial charge >= 0.3 is 0 Å². The topological polar surface area (TPSA) is 73.9 Å². The third kappa shape index (κ3) is 12.7. The molecule has 6 heteroatoms. The van der Waals surface area contributed by atoms with E-state index in [0.717, 1.165) is 12.8 Å². The summed E-state index contributed by atoms with van der Waals surface area (Å²) < 4.78 is 16.6. The van der Waals surface area contributed by atoms with Crippen LogP contribution in [0.4, 0.5) is 5.69 Å². The highest BCUT2D eigenvalue weighted by atomic mass is 16.5. The van der Waals surface area contributed by atoms with Crippen LogP contribution in [0.1, 0.15) is 107 Å². The number of rotatable bonds is 22. The number of hydrogen-bond acceptors (Lipinski definition) is 5. The van der Waals surface area contributed by atoms with E-state index in [1.165, 1.54) is 84.2 Å². The Balaban J connectivity index is 1.66. The van der Waals surface area contributed by atoms with Gasteiger partial charge in [-0.2, -0.15) is 0 Å². The van der Waals surface area contributed by atoms with Gasteiger partial charge in [-0.25, -0.2) is 0 Å². The molecule has 0 aliphatic heterocycles. The van der Waals surface area contributed by atoms with Gasteiger partial charge in [0.05, 0.1) is 13.7 Å². The number of hydrogen-bond donors (Lipinski definition) is 1. The molecule has 2 aromatic rings. The number of anilines is 1. The highest BCUT2D eigenvalue weighted by molar-refractivity contribution is 6.16. The average Bonchev–Trinajstić information content (AvgIpc) is 2.96. The number of amides is 1. The molecule has 0 aromatic heterocycles. The number of ketones is 1. The maximum absolute atomic E-state index is 13.0. The average molecular weight is 540 g/mol. The highest BCUT2D eigenvalue weighted by Crippen LogP contribution is 2.29. The van der Waals surface area contributed by atoms with E-state index in [1.54, 1.807) is 37.4 Å². The number of carbonyl (C=O) groups is 2. The highest BCUT2D eigenvalue weighted by Gasteiger charge is 2.28. The van der Waals surface area contributed by atoms with Gasteiger partial charge in [0.25, 0.3) is 5.91 Å². The summed E-state index contributed by atoms with van der Waals surface area (Å²) in [6.45, 7) is 2.87. The Morgan fingerprint density at radius 2 is 1.28 bits per heavy atom. The number of para-hydroxylation sites is 1. The van der Waals surface area contributed by atoms with Gasteiger partial charge in [-0.1, -0.05) is 109 Å². The molecular weight excluding hydrogens is 490 g/mol. The molecule has 39 heavy (non-hydrogen) atoms. The molecule has 1 amide bonds. The molecule has 2 rings (SSSR count). The summed E-state index contributed by atoms with van der Waals surface area (Å²) in [5.41, 5.74) is 0.924. The molecule has 0 aliphatic rings. The molecule has 0 radical (unpaired) electrons. The fourth-order valence-corrected chi connectivity index (χ4v) is 4.63. The second-order valence-electron chi connectivity index (χ2n) is 10.1. The summed E-state index contributed by atoms with van der Waals surface area (Å²) in [7, 11) is 2.89. The van der Waals surface area contributed by atoms with E-state index in [-0.39, 0.29) is 0 Å². The van der Waals surface area contributed by atoms with Crippen LogP contribution in [-0.4, -0.2) is 38.6 Å². The van der Waals surface area contributed by atoms with Crippen LogP contribution >= 0.6 is 0 Å². The quantitative estimate of drug-likeness (QED) is 0.0924. The number of carbonyl (C=O) groups excluding carboxylic acids is 2. The normalized spacial score (nSPS) is 11.7. The Bertz CT molecular complexity index is 946. The molecule has 0 bridgehead atoms. The summed E-state index contributed by atoms with van der Waals surface area (Å²) in [5, 5.41) is 2.71. The molecule has 1 N–H and O–H groups in total. The van der Waals surface area contributed by atoms with Crippen LogP contribution in [0.25, 0.3) is 0 Å². The summed E-state index contributed by atoms with van der Waals surface area (Å²) in [6.07, 6.45) is 17.1. The standard InChI is InChI=1S/C33H49NO5/c1-4-5-6-7-8-9-10-11-12-13-14-15-16-20-25-39-29-24-23-27(26-30(29)37-2)31(35)32(38-3)33(36)34-28-21-18-17-19-22-28/h17-19,21-24,26,32H,4-16,20,25H2,1-3H3,(H,34,36). The summed E-state index contributed by atoms with van der Waals surface area (Å²) in [5.74, 6) is 0.0875. The fourth-order valence-electron chi connectivity index (χ4n) is 4.63. The Hall–Kier alpha value is -2.86. The van der Waals surface area contributed by atoms with E-state index in [2.05, 4.69) is 12.2 Å². The molecular formula is C33H49NO5. The minimum atomic E-state index is -1.27. The van der Waals surface area contributed by atoms with Gasteiger partial charge < -0.3 is 19.5 Å². The van der Waals surface area contributed by atoms with Crippen molar-refractivity contribution >= 4 is 17.4 Å². The lowest BCUT2D eigenvalue weighted by molar-refractivity contribution is -0.123. The number of methoxy groups -OCH3 is 2. The fraction of sp³-hybridized carbons (Fsp3) is 0.576. The molecule has 0 saturated heterocycles. The Labute approximate surface area is 235 Å². The van der Waals surface area contributed by atoms with Crippen molar-refractivity contribution in [3.63, 3.8) is 0 Å². The molecule has 0 saturated carbocycles. The van der Waals surface area contributed by atoms with E-state index in [0.29, 0.717) is 29.4 Å². The number of ether oxygens (including phenoxy) is 3. The third-order valence-corrected chi connectivity index (χ3v) is 6.96. The lowest BCUT2D eigenvalue weighted by Crippen LogP contribution is -2.36. The number of nitrogens with one attached hydrogen (secondary N) is 1. The van der Waals surface area contributed by atoms with Crippen molar-refractivity contribution in [1.82, 2.24) is 0 Å². The molecule has 0 aliphatic carbocycles. The summed E-state index contributed by atoms with van der Waals surface area (Å²) >= 11 is 0. The second kappa shape index (κ2) is 20.1. The Morgan fingerprint density at radius 3 is 1.82 bits per heavy atom. The first-order valence-corrected chi connectivity index (χ1v) is 14.8. The van der Waals surface area contributed by atoms with Crippen LogP contribution in [0.2, 0.25) is 0 Å². The Morgan fingerprint density at radius 1 is 0.718 bits per heavy atom. The van der Waals surface area contributed by atoms with Crippen molar-refractivity contribution in [2.24, 2.45) is 0 Å². The molecule has 0 heterocycles. The van der Waals surface area contributed by atoms with E-state index >= 15 is 0 Å². The first kappa shape index (κ1) is 32.4. The van der Waals surface area contributed by atoms with Crippen LogP contribution in [0.3, 0.4) is 0 Å². The molecule has 6 nitrogen and oxygen atoms in total. The molecule has 2 aromatic carbocycles. The van der Waals surface area contributed by atoms with Crippen molar-refractivity contribution in [2.75, 3.05) is 26.1 Å². The lowest BCUT2D eigenvalue weighted by Gasteiger charge is -2.16. The van der Waals surface area contributed by atoms with Gasteiger partial charge in [0, 0.05) is 18.4 Å². The Kier molecular flexibility index (Phi) is 16.7. The molecule has 0 spiro atoms. The zero-order valence-corrected chi connectivity index (χ0v) is 24.3. The zero-order chi connectivity index (χ0) is 28.1. The van der Waals surface area contributed by atoms with Gasteiger partial charge in [-0.3, -0.25) is 9.59 Å². The largest absolute Gasteiger partial charge is 0.493 e. The number of benzene rings is 2. The van der Waals surface area contributed by atoms with Crippen molar-refractivity contribution in [2.45, 2.75) is 103 Å². The number of unbranched alkanes of at least 4 members (excludes halogenated alkanes) is 13. The van der Waals surface area contributed by atoms with Crippen molar-refractivity contribution in [3.8, 4) is 11.5 Å². The maximum atomic E-state index is 13.0. The van der Waals surface area contributed by atoms with Gasteiger partial charge in [0.2, 0.25) is 5.78 Å². The van der Waals surface area contributed by atoms with Crippen LogP contribution in [0, 0.1) is 0 Å². The predicted molar refractivity (Wildman–Crippen MR) is 159 cm³/mol. The van der Waals surface area contributed by atoms with Crippen LogP contribution in [0.5, 0.6) is 11.5 Å². The molecule has 1 unspecified atom stereocenters. The van der Waals surface area contributed by atoms with Crippen molar-refractivity contribution in [1.29, 1.82) is 0 Å². The predicted octanol–water partition coefficient (Wildman–Crippen LogP) is 8.39. The lowest BCUT2D eigenvalue weighted by atomic mass is 10.0. The molecule has 1 atom stereocenters. The first-order valence-electron chi connectivity index (χ1n) is 14.8. The van der Waals surface area contributed by atoms with E-state index in [1.807, 2.05) is 18.2 Å². The minimum Gasteiger partial charge on any atom is -0.493 e. The van der Waals surface area contributed by atoms with Gasteiger partial charge in [0.15, 0.2) is 17.6 Å². The molecule has 0 fully saturated rings. The smallest absolute Gasteiger partial charge is 0.261 e. The third-order valence-electron chi connectivity index (χ3n) is 6.96. The minimum absolute atomic E-state index is 0.325. The second-order valence-corrected chi connectivity index (χ2v) is 10.1. The van der Waals surface area contributed by atoms with E-state index in [4.69, 9.17) is 14.2 Å². The van der Waals surface area contributed by atoms with Crippen molar-refractivity contribution < 1.29 is 23.8 Å². The zero-order valence-electron chi connectivity index (χ0n) is 24.3. The van der Waals surface area contributed by atoms with Crippen LogP contribution < -0.4 is 14.8 Å². The molecule has 216 valence electrons.